The second-order valence-corrected chi connectivity index (χ2v) is 27.4. The number of hydrogen-bond acceptors (Lipinski definition) is 1. The first-order valence-corrected chi connectivity index (χ1v) is 25.6. The van der Waals surface area contributed by atoms with E-state index in [1.165, 1.54) is 128 Å². The zero-order valence-corrected chi connectivity index (χ0v) is 29.1. The van der Waals surface area contributed by atoms with Crippen molar-refractivity contribution in [3.63, 3.8) is 0 Å². The molecule has 0 aromatic rings. The van der Waals surface area contributed by atoms with Gasteiger partial charge in [-0.3, -0.25) is 0 Å². The summed E-state index contributed by atoms with van der Waals surface area (Å²) in [6, 6.07) is 0. The average Bonchev–Trinajstić information content (AvgIpc) is 2.82. The Bertz CT molecular complexity index is 513. The molecule has 0 rings (SSSR count). The SMILES string of the molecule is CCCCCCCCCCCCCCC(CCCCCCCCCCCCCC)(P(=O)(O)O)[AsH](C)(C)C. The summed E-state index contributed by atoms with van der Waals surface area (Å²) in [6.07, 6.45) is 32.7. The van der Waals surface area contributed by atoms with Crippen LogP contribution in [-0.4, -0.2) is 27.3 Å². The Morgan fingerprint density at radius 1 is 0.459 bits per heavy atom. The van der Waals surface area contributed by atoms with Gasteiger partial charge in [0.15, 0.2) is 0 Å². The molecule has 0 bridgehead atoms. The van der Waals surface area contributed by atoms with Crippen LogP contribution in [0.4, 0.5) is 0 Å². The molecule has 0 unspecified atom stereocenters. The standard InChI is InChI=1S/C32H70AsO3P/c1-6-8-10-12-14-16-18-20-22-24-26-28-30-32(33(3,4)5,37(34,35)36)31-29-27-25-23-21-19-17-15-13-11-9-7-2/h33H,6-31H2,1-5H3,(H2,34,35,36). The van der Waals surface area contributed by atoms with Gasteiger partial charge in [-0.15, -0.1) is 0 Å². The Labute approximate surface area is 236 Å². The topological polar surface area (TPSA) is 57.5 Å². The van der Waals surface area contributed by atoms with Gasteiger partial charge < -0.3 is 0 Å². The van der Waals surface area contributed by atoms with Gasteiger partial charge in [-0.1, -0.05) is 39.5 Å². The Morgan fingerprint density at radius 2 is 0.676 bits per heavy atom. The Kier molecular flexibility index (Phi) is 23.9. The van der Waals surface area contributed by atoms with Gasteiger partial charge in [0, 0.05) is 0 Å². The molecule has 0 aliphatic heterocycles. The maximum atomic E-state index is 12.9. The third kappa shape index (κ3) is 18.6. The van der Waals surface area contributed by atoms with Crippen LogP contribution >= 0.6 is 7.60 Å². The monoisotopic (exact) mass is 608 g/mol. The van der Waals surface area contributed by atoms with Crippen LogP contribution in [0.25, 0.3) is 0 Å². The molecule has 0 amide bonds. The molecule has 0 radical (unpaired) electrons. The van der Waals surface area contributed by atoms with E-state index in [1.54, 1.807) is 0 Å². The van der Waals surface area contributed by atoms with Gasteiger partial charge in [-0.2, -0.15) is 0 Å². The van der Waals surface area contributed by atoms with E-state index in [9.17, 15) is 14.4 Å². The summed E-state index contributed by atoms with van der Waals surface area (Å²) in [5.41, 5.74) is 6.71. The summed E-state index contributed by atoms with van der Waals surface area (Å²) in [6.45, 7) is 4.54. The van der Waals surface area contributed by atoms with Crippen molar-refractivity contribution >= 4 is 21.1 Å². The van der Waals surface area contributed by atoms with Gasteiger partial charge in [0.05, 0.1) is 0 Å². The van der Waals surface area contributed by atoms with E-state index in [1.807, 2.05) is 0 Å². The Morgan fingerprint density at radius 3 is 0.865 bits per heavy atom. The van der Waals surface area contributed by atoms with Crippen molar-refractivity contribution in [3.05, 3.63) is 0 Å². The summed E-state index contributed by atoms with van der Waals surface area (Å²) in [7, 11) is -4.11. The van der Waals surface area contributed by atoms with Crippen molar-refractivity contribution in [1.82, 2.24) is 0 Å². The van der Waals surface area contributed by atoms with Crippen LogP contribution in [-0.2, 0) is 4.57 Å². The van der Waals surface area contributed by atoms with Crippen molar-refractivity contribution in [3.8, 4) is 0 Å². The van der Waals surface area contributed by atoms with Crippen LogP contribution in [0.2, 0.25) is 17.1 Å². The van der Waals surface area contributed by atoms with Crippen molar-refractivity contribution in [1.29, 1.82) is 0 Å². The zero-order valence-electron chi connectivity index (χ0n) is 26.1. The Hall–Kier alpha value is 0.708. The molecule has 0 aliphatic carbocycles. The number of hydrogen-bond donors (Lipinski definition) is 2. The summed E-state index contributed by atoms with van der Waals surface area (Å²) in [5, 5.41) is 0. The predicted octanol–water partition coefficient (Wildman–Crippen LogP) is 11.7. The summed E-state index contributed by atoms with van der Waals surface area (Å²) in [5.74, 6) is 0. The first-order valence-electron chi connectivity index (χ1n) is 16.7. The first-order chi connectivity index (χ1) is 17.6. The van der Waals surface area contributed by atoms with E-state index >= 15 is 0 Å². The van der Waals surface area contributed by atoms with E-state index in [0.29, 0.717) is 0 Å². The molecule has 37 heavy (non-hydrogen) atoms. The van der Waals surface area contributed by atoms with Gasteiger partial charge in [0.2, 0.25) is 0 Å². The molecule has 0 aromatic carbocycles. The molecular formula is C32H70AsO3P. The quantitative estimate of drug-likeness (QED) is 0.0528. The number of unbranched alkanes of at least 4 members (excludes halogenated alkanes) is 22. The van der Waals surface area contributed by atoms with Crippen LogP contribution < -0.4 is 0 Å². The minimum absolute atomic E-state index is 0.690. The van der Waals surface area contributed by atoms with Gasteiger partial charge in [0.1, 0.15) is 0 Å². The second kappa shape index (κ2) is 23.4. The summed E-state index contributed by atoms with van der Waals surface area (Å²) < 4.78 is 12.2. The molecule has 3 nitrogen and oxygen atoms in total. The molecule has 0 atom stereocenters. The molecule has 0 heterocycles. The van der Waals surface area contributed by atoms with Crippen LogP contribution in [0.15, 0.2) is 0 Å². The average molecular weight is 609 g/mol. The van der Waals surface area contributed by atoms with Gasteiger partial charge in [-0.05, 0) is 0 Å². The molecule has 226 valence electrons. The molecule has 0 saturated carbocycles. The van der Waals surface area contributed by atoms with Crippen molar-refractivity contribution in [2.75, 3.05) is 0 Å². The molecule has 0 saturated heterocycles. The molecule has 0 aromatic heterocycles. The van der Waals surface area contributed by atoms with E-state index in [0.717, 1.165) is 38.5 Å². The van der Waals surface area contributed by atoms with Crippen molar-refractivity contribution < 1.29 is 14.4 Å². The Balaban J connectivity index is 4.23. The molecule has 5 heteroatoms. The second-order valence-electron chi connectivity index (χ2n) is 13.1. The molecular weight excluding hydrogens is 538 g/mol. The minimum atomic E-state index is -4.11. The van der Waals surface area contributed by atoms with Crippen LogP contribution in [0.5, 0.6) is 0 Å². The summed E-state index contributed by atoms with van der Waals surface area (Å²) >= 11 is -2.61. The number of rotatable bonds is 28. The van der Waals surface area contributed by atoms with Crippen molar-refractivity contribution in [2.24, 2.45) is 0 Å². The molecule has 0 aliphatic rings. The van der Waals surface area contributed by atoms with Crippen LogP contribution in [0.1, 0.15) is 181 Å². The first kappa shape index (κ1) is 37.7. The van der Waals surface area contributed by atoms with E-state index in [2.05, 4.69) is 31.0 Å². The maximum absolute atomic E-state index is 12.9. The fourth-order valence-electron chi connectivity index (χ4n) is 6.12. The van der Waals surface area contributed by atoms with Gasteiger partial charge in [0.25, 0.3) is 0 Å². The fourth-order valence-corrected chi connectivity index (χ4v) is 17.3. The van der Waals surface area contributed by atoms with Crippen molar-refractivity contribution in [2.45, 2.75) is 202 Å². The third-order valence-corrected chi connectivity index (χ3v) is 22.6. The summed E-state index contributed by atoms with van der Waals surface area (Å²) in [4.78, 5) is 21.2. The van der Waals surface area contributed by atoms with Crippen LogP contribution in [0, 0.1) is 0 Å². The predicted molar refractivity (Wildman–Crippen MR) is 171 cm³/mol. The van der Waals surface area contributed by atoms with E-state index < -0.39 is 25.1 Å². The fraction of sp³-hybridized carbons (Fsp3) is 1.00. The van der Waals surface area contributed by atoms with Gasteiger partial charge in [-0.25, -0.2) is 0 Å². The van der Waals surface area contributed by atoms with Gasteiger partial charge >= 0.3 is 198 Å². The van der Waals surface area contributed by atoms with Crippen LogP contribution in [0.3, 0.4) is 0 Å². The molecule has 2 N–H and O–H groups in total. The molecule has 0 fully saturated rings. The van der Waals surface area contributed by atoms with E-state index in [-0.39, 0.29) is 0 Å². The van der Waals surface area contributed by atoms with E-state index in [4.69, 9.17) is 0 Å². The zero-order chi connectivity index (χ0) is 27.9. The normalized spacial score (nSPS) is 13.4. The third-order valence-electron chi connectivity index (χ3n) is 8.84. The molecule has 0 spiro atoms.